The molecule has 0 aliphatic carbocycles. The van der Waals surface area contributed by atoms with Gasteiger partial charge in [0.25, 0.3) is 0 Å². The first-order valence-corrected chi connectivity index (χ1v) is 7.14. The molecule has 0 aliphatic rings. The van der Waals surface area contributed by atoms with E-state index in [2.05, 4.69) is 0 Å². The topological polar surface area (TPSA) is 68.2 Å². The maximum atomic E-state index is 9.87. The van der Waals surface area contributed by atoms with E-state index in [1.807, 2.05) is 32.0 Å². The molecule has 5 nitrogen and oxygen atoms in total. The van der Waals surface area contributed by atoms with Gasteiger partial charge in [0.1, 0.15) is 18.5 Å². The van der Waals surface area contributed by atoms with Gasteiger partial charge in [-0.05, 0) is 32.4 Å². The fourth-order valence-corrected chi connectivity index (χ4v) is 1.90. The third-order valence-corrected chi connectivity index (χ3v) is 3.02. The molecule has 0 spiro atoms. The van der Waals surface area contributed by atoms with E-state index in [0.717, 1.165) is 5.56 Å². The first-order valence-electron chi connectivity index (χ1n) is 7.14. The zero-order valence-corrected chi connectivity index (χ0v) is 13.2. The van der Waals surface area contributed by atoms with Gasteiger partial charge in [-0.2, -0.15) is 0 Å². The summed E-state index contributed by atoms with van der Waals surface area (Å²) in [7, 11) is 1.61. The molecule has 2 N–H and O–H groups in total. The molecule has 0 aliphatic heterocycles. The van der Waals surface area contributed by atoms with Crippen molar-refractivity contribution in [2.24, 2.45) is 0 Å². The molecule has 0 radical (unpaired) electrons. The van der Waals surface area contributed by atoms with Crippen LogP contribution in [0.25, 0.3) is 0 Å². The van der Waals surface area contributed by atoms with Gasteiger partial charge < -0.3 is 24.4 Å². The molecule has 3 atom stereocenters. The average molecular weight is 298 g/mol. The number of aliphatic hydroxyl groups is 2. The molecule has 0 saturated carbocycles. The molecule has 0 fully saturated rings. The zero-order chi connectivity index (χ0) is 15.8. The van der Waals surface area contributed by atoms with Gasteiger partial charge in [-0.25, -0.2) is 0 Å². The van der Waals surface area contributed by atoms with Crippen LogP contribution in [0.4, 0.5) is 0 Å². The molecule has 0 heterocycles. The van der Waals surface area contributed by atoms with Crippen molar-refractivity contribution in [3.8, 4) is 5.75 Å². The van der Waals surface area contributed by atoms with E-state index < -0.39 is 12.2 Å². The molecule has 120 valence electrons. The second-order valence-corrected chi connectivity index (χ2v) is 5.28. The van der Waals surface area contributed by atoms with Crippen molar-refractivity contribution in [1.29, 1.82) is 0 Å². The van der Waals surface area contributed by atoms with Crippen molar-refractivity contribution < 1.29 is 24.4 Å². The Hall–Kier alpha value is -1.14. The summed E-state index contributed by atoms with van der Waals surface area (Å²) in [6.07, 6.45) is -1.42. The Morgan fingerprint density at radius 1 is 1.10 bits per heavy atom. The monoisotopic (exact) mass is 298 g/mol. The number of ether oxygens (including phenoxy) is 3. The molecular formula is C16H26O5. The van der Waals surface area contributed by atoms with Crippen LogP contribution in [-0.2, 0) is 9.47 Å². The quantitative estimate of drug-likeness (QED) is 0.728. The zero-order valence-electron chi connectivity index (χ0n) is 13.2. The van der Waals surface area contributed by atoms with Gasteiger partial charge in [-0.1, -0.05) is 12.1 Å². The van der Waals surface area contributed by atoms with Gasteiger partial charge in [-0.3, -0.25) is 0 Å². The van der Waals surface area contributed by atoms with Gasteiger partial charge in [0.15, 0.2) is 0 Å². The lowest BCUT2D eigenvalue weighted by atomic mass is 10.1. The second kappa shape index (κ2) is 9.00. The van der Waals surface area contributed by atoms with E-state index in [9.17, 15) is 10.2 Å². The summed E-state index contributed by atoms with van der Waals surface area (Å²) >= 11 is 0. The van der Waals surface area contributed by atoms with Crippen LogP contribution < -0.4 is 4.74 Å². The highest BCUT2D eigenvalue weighted by molar-refractivity contribution is 5.38. The summed E-state index contributed by atoms with van der Waals surface area (Å²) in [4.78, 5) is 0. The molecule has 21 heavy (non-hydrogen) atoms. The fraction of sp³-hybridized carbons (Fsp3) is 0.625. The minimum atomic E-state index is -0.730. The summed E-state index contributed by atoms with van der Waals surface area (Å²) in [5.41, 5.74) is 1.75. The van der Waals surface area contributed by atoms with E-state index >= 15 is 0 Å². The van der Waals surface area contributed by atoms with Crippen molar-refractivity contribution in [2.45, 2.75) is 39.1 Å². The van der Waals surface area contributed by atoms with Crippen molar-refractivity contribution in [3.05, 3.63) is 29.3 Å². The Morgan fingerprint density at radius 3 is 2.43 bits per heavy atom. The predicted octanol–water partition coefficient (Wildman–Crippen LogP) is 1.84. The molecular weight excluding hydrogens is 272 g/mol. The predicted molar refractivity (Wildman–Crippen MR) is 80.6 cm³/mol. The molecule has 1 aromatic rings. The fourth-order valence-electron chi connectivity index (χ4n) is 1.90. The van der Waals surface area contributed by atoms with Gasteiger partial charge >= 0.3 is 0 Å². The Labute approximate surface area is 126 Å². The van der Waals surface area contributed by atoms with Crippen LogP contribution >= 0.6 is 0 Å². The van der Waals surface area contributed by atoms with Gasteiger partial charge in [-0.15, -0.1) is 0 Å². The molecule has 1 rings (SSSR count). The van der Waals surface area contributed by atoms with Crippen molar-refractivity contribution in [3.63, 3.8) is 0 Å². The van der Waals surface area contributed by atoms with Crippen LogP contribution in [0.3, 0.4) is 0 Å². The van der Waals surface area contributed by atoms with Crippen LogP contribution in [0.1, 0.15) is 31.1 Å². The third kappa shape index (κ3) is 6.44. The number of benzene rings is 1. The first-order chi connectivity index (χ1) is 9.93. The Bertz CT molecular complexity index is 419. The minimum absolute atomic E-state index is 0.0726. The number of hydrogen-bond acceptors (Lipinski definition) is 5. The summed E-state index contributed by atoms with van der Waals surface area (Å²) in [6.45, 7) is 6.29. The maximum Gasteiger partial charge on any atom is 0.125 e. The average Bonchev–Trinajstić information content (AvgIpc) is 2.43. The van der Waals surface area contributed by atoms with E-state index in [1.165, 1.54) is 0 Å². The highest BCUT2D eigenvalue weighted by Crippen LogP contribution is 2.26. The highest BCUT2D eigenvalue weighted by Gasteiger charge is 2.13. The van der Waals surface area contributed by atoms with E-state index in [-0.39, 0.29) is 19.3 Å². The summed E-state index contributed by atoms with van der Waals surface area (Å²) in [6, 6.07) is 5.60. The summed E-state index contributed by atoms with van der Waals surface area (Å²) in [5, 5.41) is 19.6. The number of aliphatic hydroxyl groups excluding tert-OH is 2. The largest absolute Gasteiger partial charge is 0.490 e. The Kier molecular flexibility index (Phi) is 7.67. The third-order valence-electron chi connectivity index (χ3n) is 3.02. The smallest absolute Gasteiger partial charge is 0.125 e. The van der Waals surface area contributed by atoms with Crippen LogP contribution in [0.2, 0.25) is 0 Å². The van der Waals surface area contributed by atoms with E-state index in [0.29, 0.717) is 17.9 Å². The van der Waals surface area contributed by atoms with E-state index in [1.54, 1.807) is 14.0 Å². The molecule has 5 heteroatoms. The number of rotatable bonds is 9. The van der Waals surface area contributed by atoms with Gasteiger partial charge in [0.2, 0.25) is 0 Å². The standard InChI is InChI=1S/C16H26O5/c1-11-5-6-15(13(3)17)16(7-11)21-10-14(18)9-20-12(2)8-19-4/h5-7,12-14,17-18H,8-10H2,1-4H3. The second-order valence-electron chi connectivity index (χ2n) is 5.28. The van der Waals surface area contributed by atoms with Gasteiger partial charge in [0, 0.05) is 12.7 Å². The van der Waals surface area contributed by atoms with Crippen LogP contribution in [0, 0.1) is 6.92 Å². The Balaban J connectivity index is 2.49. The summed E-state index contributed by atoms with van der Waals surface area (Å²) < 4.78 is 16.0. The normalized spacial score (nSPS) is 15.5. The van der Waals surface area contributed by atoms with Crippen LogP contribution in [0.15, 0.2) is 18.2 Å². The highest BCUT2D eigenvalue weighted by atomic mass is 16.5. The number of aryl methyl sites for hydroxylation is 1. The SMILES string of the molecule is COCC(C)OCC(O)COc1cc(C)ccc1C(C)O. The van der Waals surface area contributed by atoms with Crippen LogP contribution in [0.5, 0.6) is 5.75 Å². The van der Waals surface area contributed by atoms with Gasteiger partial charge in [0.05, 0.1) is 25.4 Å². The molecule has 1 aromatic carbocycles. The number of methoxy groups -OCH3 is 1. The molecule has 0 aromatic heterocycles. The lowest BCUT2D eigenvalue weighted by molar-refractivity contribution is -0.0425. The molecule has 0 saturated heterocycles. The van der Waals surface area contributed by atoms with Crippen molar-refractivity contribution in [1.82, 2.24) is 0 Å². The molecule has 0 bridgehead atoms. The summed E-state index contributed by atoms with van der Waals surface area (Å²) in [5.74, 6) is 0.592. The maximum absolute atomic E-state index is 9.87. The number of hydrogen-bond donors (Lipinski definition) is 2. The lowest BCUT2D eigenvalue weighted by Gasteiger charge is -2.18. The lowest BCUT2D eigenvalue weighted by Crippen LogP contribution is -2.27. The minimum Gasteiger partial charge on any atom is -0.490 e. The first kappa shape index (κ1) is 17.9. The Morgan fingerprint density at radius 2 is 1.81 bits per heavy atom. The van der Waals surface area contributed by atoms with Crippen molar-refractivity contribution >= 4 is 0 Å². The molecule has 3 unspecified atom stereocenters. The van der Waals surface area contributed by atoms with E-state index in [4.69, 9.17) is 14.2 Å². The molecule has 0 amide bonds. The van der Waals surface area contributed by atoms with Crippen LogP contribution in [-0.4, -0.2) is 49.4 Å². The van der Waals surface area contributed by atoms with Crippen molar-refractivity contribution in [2.75, 3.05) is 26.9 Å².